The molecule has 2 rings (SSSR count). The minimum atomic E-state index is -3.86. The first-order valence-electron chi connectivity index (χ1n) is 6.04. The van der Waals surface area contributed by atoms with Crippen LogP contribution in [0.4, 0.5) is 11.5 Å². The van der Waals surface area contributed by atoms with Gasteiger partial charge in [0.15, 0.2) is 11.6 Å². The number of ether oxygens (including phenoxy) is 1. The van der Waals surface area contributed by atoms with Gasteiger partial charge in [0.1, 0.15) is 0 Å². The maximum atomic E-state index is 12.3. The van der Waals surface area contributed by atoms with Gasteiger partial charge in [0, 0.05) is 0 Å². The van der Waals surface area contributed by atoms with Crippen molar-refractivity contribution in [2.45, 2.75) is 0 Å². The summed E-state index contributed by atoms with van der Waals surface area (Å²) < 4.78 is 30.5. The van der Waals surface area contributed by atoms with Crippen LogP contribution in [0, 0.1) is 11.3 Å². The number of halogens is 2. The molecule has 7 nitrogen and oxygen atoms in total. The van der Waals surface area contributed by atoms with Crippen molar-refractivity contribution in [3.63, 3.8) is 0 Å². The smallest absolute Gasteiger partial charge is 0.237 e. The highest BCUT2D eigenvalue weighted by molar-refractivity contribution is 7.92. The van der Waals surface area contributed by atoms with Crippen LogP contribution in [0.1, 0.15) is 5.56 Å². The van der Waals surface area contributed by atoms with Gasteiger partial charge in [-0.15, -0.1) is 0 Å². The molecular weight excluding hydrogens is 363 g/mol. The molecule has 1 aromatic heterocycles. The Balaban J connectivity index is 2.80. The summed E-state index contributed by atoms with van der Waals surface area (Å²) in [6.07, 6.45) is 2.21. The van der Waals surface area contributed by atoms with Crippen molar-refractivity contribution >= 4 is 44.7 Å². The SMILES string of the molecule is COc1cnc(Cl)nc1N(c1cc(C#N)ccc1Cl)S(C)(=O)=O. The quantitative estimate of drug-likeness (QED) is 0.765. The third kappa shape index (κ3) is 3.64. The number of hydrogen-bond acceptors (Lipinski definition) is 6. The predicted octanol–water partition coefficient (Wildman–Crippen LogP) is 2.76. The van der Waals surface area contributed by atoms with E-state index in [0.717, 1.165) is 10.6 Å². The Morgan fingerprint density at radius 2 is 2.04 bits per heavy atom. The van der Waals surface area contributed by atoms with Crippen LogP contribution in [0.15, 0.2) is 24.4 Å². The maximum Gasteiger partial charge on any atom is 0.237 e. The van der Waals surface area contributed by atoms with Crippen LogP contribution in [-0.4, -0.2) is 31.8 Å². The Hall–Kier alpha value is -2.08. The molecule has 1 heterocycles. The van der Waals surface area contributed by atoms with Crippen LogP contribution in [0.3, 0.4) is 0 Å². The minimum absolute atomic E-state index is 0.0567. The van der Waals surface area contributed by atoms with Crippen LogP contribution in [0.25, 0.3) is 0 Å². The molecule has 1 aromatic carbocycles. The molecule has 0 saturated heterocycles. The number of anilines is 2. The summed E-state index contributed by atoms with van der Waals surface area (Å²) in [5.41, 5.74) is 0.290. The van der Waals surface area contributed by atoms with E-state index < -0.39 is 10.0 Å². The predicted molar refractivity (Wildman–Crippen MR) is 86.7 cm³/mol. The summed E-state index contributed by atoms with van der Waals surface area (Å²) in [6.45, 7) is 0. The van der Waals surface area contributed by atoms with Gasteiger partial charge in [0.05, 0.1) is 41.9 Å². The third-order valence-corrected chi connectivity index (χ3v) is 4.28. The van der Waals surface area contributed by atoms with E-state index in [1.807, 2.05) is 6.07 Å². The summed E-state index contributed by atoms with van der Waals surface area (Å²) in [6, 6.07) is 6.14. The van der Waals surface area contributed by atoms with E-state index in [-0.39, 0.29) is 33.1 Å². The van der Waals surface area contributed by atoms with Crippen LogP contribution < -0.4 is 9.04 Å². The number of sulfonamides is 1. The molecule has 0 atom stereocenters. The standard InChI is InChI=1S/C13H10Cl2N4O3S/c1-22-11-7-17-13(15)18-12(11)19(23(2,20)21)10-5-8(6-16)3-4-9(10)14/h3-5,7H,1-2H3. The fraction of sp³-hybridized carbons (Fsp3) is 0.154. The number of benzene rings is 1. The Labute approximate surface area is 143 Å². The summed E-state index contributed by atoms with van der Waals surface area (Å²) in [5.74, 6) is -0.0229. The van der Waals surface area contributed by atoms with Crippen molar-refractivity contribution in [2.24, 2.45) is 0 Å². The van der Waals surface area contributed by atoms with Gasteiger partial charge >= 0.3 is 0 Å². The number of aromatic nitrogens is 2. The third-order valence-electron chi connectivity index (χ3n) is 2.74. The summed E-state index contributed by atoms with van der Waals surface area (Å²) >= 11 is 11.9. The van der Waals surface area contributed by atoms with Gasteiger partial charge in [-0.05, 0) is 29.8 Å². The monoisotopic (exact) mass is 372 g/mol. The zero-order valence-electron chi connectivity index (χ0n) is 12.0. The lowest BCUT2D eigenvalue weighted by atomic mass is 10.2. The average molecular weight is 373 g/mol. The van der Waals surface area contributed by atoms with Crippen LogP contribution >= 0.6 is 23.2 Å². The van der Waals surface area contributed by atoms with Crippen molar-refractivity contribution in [3.05, 3.63) is 40.3 Å². The second-order valence-corrected chi connectivity index (χ2v) is 6.91. The Morgan fingerprint density at radius 3 is 2.61 bits per heavy atom. The van der Waals surface area contributed by atoms with Gasteiger partial charge in [-0.1, -0.05) is 11.6 Å². The normalized spacial score (nSPS) is 10.9. The molecule has 0 fully saturated rings. The van der Waals surface area contributed by atoms with Crippen LogP contribution in [0.5, 0.6) is 5.75 Å². The first-order valence-corrected chi connectivity index (χ1v) is 8.65. The van der Waals surface area contributed by atoms with E-state index >= 15 is 0 Å². The number of nitrogens with zero attached hydrogens (tertiary/aromatic N) is 4. The zero-order valence-corrected chi connectivity index (χ0v) is 14.3. The molecule has 2 aromatic rings. The van der Waals surface area contributed by atoms with E-state index in [9.17, 15) is 8.42 Å². The highest BCUT2D eigenvalue weighted by atomic mass is 35.5. The van der Waals surface area contributed by atoms with Crippen molar-refractivity contribution in [1.82, 2.24) is 9.97 Å². The molecule has 0 amide bonds. The van der Waals surface area contributed by atoms with E-state index in [4.69, 9.17) is 33.2 Å². The first kappa shape index (κ1) is 17.3. The minimum Gasteiger partial charge on any atom is -0.491 e. The summed E-state index contributed by atoms with van der Waals surface area (Å²) in [4.78, 5) is 7.67. The molecule has 0 aliphatic carbocycles. The molecule has 0 aliphatic rings. The molecule has 0 radical (unpaired) electrons. The molecule has 0 saturated carbocycles. The molecule has 0 aliphatic heterocycles. The van der Waals surface area contributed by atoms with E-state index in [1.54, 1.807) is 0 Å². The highest BCUT2D eigenvalue weighted by Gasteiger charge is 2.27. The van der Waals surface area contributed by atoms with Gasteiger partial charge in [-0.3, -0.25) is 0 Å². The van der Waals surface area contributed by atoms with Crippen molar-refractivity contribution in [2.75, 3.05) is 17.7 Å². The Kier molecular flexibility index (Phi) is 4.94. The molecule has 0 spiro atoms. The fourth-order valence-corrected chi connectivity index (χ4v) is 3.15. The summed E-state index contributed by atoms with van der Waals surface area (Å²) in [7, 11) is -2.52. The van der Waals surface area contributed by atoms with E-state index in [0.29, 0.717) is 0 Å². The lowest BCUT2D eigenvalue weighted by Crippen LogP contribution is -2.26. The Morgan fingerprint density at radius 1 is 1.35 bits per heavy atom. The number of hydrogen-bond donors (Lipinski definition) is 0. The molecule has 10 heteroatoms. The molecule has 0 N–H and O–H groups in total. The zero-order chi connectivity index (χ0) is 17.2. The van der Waals surface area contributed by atoms with Crippen molar-refractivity contribution in [1.29, 1.82) is 5.26 Å². The van der Waals surface area contributed by atoms with Gasteiger partial charge in [-0.2, -0.15) is 10.2 Å². The van der Waals surface area contributed by atoms with E-state index in [2.05, 4.69) is 9.97 Å². The molecular formula is C13H10Cl2N4O3S. The summed E-state index contributed by atoms with van der Waals surface area (Å²) in [5, 5.41) is 8.97. The highest BCUT2D eigenvalue weighted by Crippen LogP contribution is 2.38. The number of methoxy groups -OCH3 is 1. The van der Waals surface area contributed by atoms with Crippen molar-refractivity contribution in [3.8, 4) is 11.8 Å². The second-order valence-electron chi connectivity index (χ2n) is 4.34. The van der Waals surface area contributed by atoms with Crippen molar-refractivity contribution < 1.29 is 13.2 Å². The largest absolute Gasteiger partial charge is 0.491 e. The van der Waals surface area contributed by atoms with E-state index in [1.165, 1.54) is 31.5 Å². The first-order chi connectivity index (χ1) is 10.8. The Bertz CT molecular complexity index is 895. The van der Waals surface area contributed by atoms with Gasteiger partial charge in [-0.25, -0.2) is 17.7 Å². The molecule has 120 valence electrons. The van der Waals surface area contributed by atoms with Crippen LogP contribution in [-0.2, 0) is 10.0 Å². The second kappa shape index (κ2) is 6.58. The van der Waals surface area contributed by atoms with Gasteiger partial charge < -0.3 is 4.74 Å². The van der Waals surface area contributed by atoms with Gasteiger partial charge in [0.25, 0.3) is 0 Å². The topological polar surface area (TPSA) is 96.2 Å². The molecule has 0 bridgehead atoms. The molecule has 23 heavy (non-hydrogen) atoms. The lowest BCUT2D eigenvalue weighted by Gasteiger charge is -2.23. The maximum absolute atomic E-state index is 12.3. The number of rotatable bonds is 4. The lowest BCUT2D eigenvalue weighted by molar-refractivity contribution is 0.412. The number of nitriles is 1. The van der Waals surface area contributed by atoms with Gasteiger partial charge in [0.2, 0.25) is 15.3 Å². The molecule has 0 unspecified atom stereocenters. The fourth-order valence-electron chi connectivity index (χ4n) is 1.82. The van der Waals surface area contributed by atoms with Crippen LogP contribution in [0.2, 0.25) is 10.3 Å². The average Bonchev–Trinajstić information content (AvgIpc) is 2.48.